The number of hydrogen-bond donors (Lipinski definition) is 2. The summed E-state index contributed by atoms with van der Waals surface area (Å²) in [5, 5.41) is 9.32. The molecular formula is C10H13ClINO3. The maximum absolute atomic E-state index is 11.1. The number of phenolic OH excluding ortho intramolecular Hbond substituents is 1. The van der Waals surface area contributed by atoms with Crippen molar-refractivity contribution in [3.63, 3.8) is 0 Å². The lowest BCUT2D eigenvalue weighted by Gasteiger charge is -2.07. The van der Waals surface area contributed by atoms with Crippen molar-refractivity contribution < 1.29 is 32.8 Å². The van der Waals surface area contributed by atoms with Crippen molar-refractivity contribution in [2.24, 2.45) is 0 Å². The van der Waals surface area contributed by atoms with Crippen LogP contribution < -0.4 is 18.1 Å². The van der Waals surface area contributed by atoms with Gasteiger partial charge in [0.25, 0.3) is 0 Å². The van der Waals surface area contributed by atoms with Gasteiger partial charge in [-0.05, 0) is 40.3 Å². The molecule has 0 spiro atoms. The van der Waals surface area contributed by atoms with E-state index in [1.807, 2.05) is 28.7 Å². The van der Waals surface area contributed by atoms with E-state index < -0.39 is 6.04 Å². The molecule has 0 saturated heterocycles. The highest BCUT2D eigenvalue weighted by molar-refractivity contribution is 14.1. The third kappa shape index (κ3) is 4.15. The van der Waals surface area contributed by atoms with Crippen LogP contribution in [0, 0.1) is 3.57 Å². The molecule has 90 valence electrons. The lowest BCUT2D eigenvalue weighted by Crippen LogP contribution is -3.00. The summed E-state index contributed by atoms with van der Waals surface area (Å²) >= 11 is 2.04. The Hall–Kier alpha value is -0.530. The number of quaternary nitrogens is 1. The zero-order chi connectivity index (χ0) is 11.4. The molecule has 0 unspecified atom stereocenters. The Labute approximate surface area is 114 Å². The summed E-state index contributed by atoms with van der Waals surface area (Å²) in [4.78, 5) is 11.1. The van der Waals surface area contributed by atoms with Crippen molar-refractivity contribution in [2.75, 3.05) is 7.11 Å². The molecule has 0 aliphatic rings. The van der Waals surface area contributed by atoms with Gasteiger partial charge in [0.2, 0.25) is 0 Å². The number of halogens is 2. The first-order valence-corrected chi connectivity index (χ1v) is 5.50. The molecule has 0 amide bonds. The Morgan fingerprint density at radius 1 is 1.62 bits per heavy atom. The summed E-state index contributed by atoms with van der Waals surface area (Å²) in [6.45, 7) is 0. The topological polar surface area (TPSA) is 74.2 Å². The molecule has 0 radical (unpaired) electrons. The normalized spacial score (nSPS) is 11.4. The molecule has 4 N–H and O–H groups in total. The average molecular weight is 358 g/mol. The van der Waals surface area contributed by atoms with Crippen LogP contribution in [0.25, 0.3) is 0 Å². The summed E-state index contributed by atoms with van der Waals surface area (Å²) in [6.07, 6.45) is 0.517. The molecule has 1 aromatic rings. The molecule has 4 nitrogen and oxygen atoms in total. The lowest BCUT2D eigenvalue weighted by atomic mass is 10.1. The van der Waals surface area contributed by atoms with E-state index in [2.05, 4.69) is 10.5 Å². The fourth-order valence-corrected chi connectivity index (χ4v) is 1.79. The van der Waals surface area contributed by atoms with Gasteiger partial charge in [0.05, 0.1) is 10.7 Å². The van der Waals surface area contributed by atoms with Gasteiger partial charge in [-0.2, -0.15) is 0 Å². The Morgan fingerprint density at radius 2 is 2.25 bits per heavy atom. The smallest absolute Gasteiger partial charge is 0.364 e. The Morgan fingerprint density at radius 3 is 2.75 bits per heavy atom. The standard InChI is InChI=1S/C10H12INO3.ClH/c1-15-10(14)8(12)5-6-2-3-9(13)7(11)4-6;/h2-4,8,13H,5,12H2,1H3;1H/t8-;/m0./s1. The predicted octanol–water partition coefficient (Wildman–Crippen LogP) is -2.67. The summed E-state index contributed by atoms with van der Waals surface area (Å²) in [6, 6.07) is 4.81. The molecule has 0 aromatic heterocycles. The van der Waals surface area contributed by atoms with E-state index in [0.717, 1.165) is 9.13 Å². The first-order valence-electron chi connectivity index (χ1n) is 4.43. The minimum Gasteiger partial charge on any atom is -1.00 e. The average Bonchev–Trinajstić information content (AvgIpc) is 2.22. The van der Waals surface area contributed by atoms with Crippen LogP contribution in [0.1, 0.15) is 5.56 Å². The fourth-order valence-electron chi connectivity index (χ4n) is 1.21. The van der Waals surface area contributed by atoms with E-state index in [4.69, 9.17) is 0 Å². The molecule has 0 saturated carbocycles. The highest BCUT2D eigenvalue weighted by Crippen LogP contribution is 2.20. The number of hydrogen-bond acceptors (Lipinski definition) is 3. The van der Waals surface area contributed by atoms with Crippen molar-refractivity contribution in [2.45, 2.75) is 12.5 Å². The second kappa shape index (κ2) is 6.93. The van der Waals surface area contributed by atoms with Crippen LogP contribution in [-0.4, -0.2) is 24.2 Å². The van der Waals surface area contributed by atoms with Crippen LogP contribution in [0.3, 0.4) is 0 Å². The minimum atomic E-state index is -0.407. The molecule has 6 heteroatoms. The summed E-state index contributed by atoms with van der Waals surface area (Å²) in [7, 11) is 1.35. The van der Waals surface area contributed by atoms with Crippen molar-refractivity contribution >= 4 is 28.6 Å². The fraction of sp³-hybridized carbons (Fsp3) is 0.300. The highest BCUT2D eigenvalue weighted by atomic mass is 127. The lowest BCUT2D eigenvalue weighted by molar-refractivity contribution is -0.407. The number of aromatic hydroxyl groups is 1. The van der Waals surface area contributed by atoms with Crippen LogP contribution >= 0.6 is 22.6 Å². The Bertz CT molecular complexity index is 373. The van der Waals surface area contributed by atoms with Crippen LogP contribution in [-0.2, 0) is 16.0 Å². The van der Waals surface area contributed by atoms with Gasteiger partial charge in [0.15, 0.2) is 6.04 Å². The number of carbonyl (C=O) groups is 1. The molecule has 1 aromatic carbocycles. The highest BCUT2D eigenvalue weighted by Gasteiger charge is 2.18. The van der Waals surface area contributed by atoms with E-state index >= 15 is 0 Å². The van der Waals surface area contributed by atoms with Crippen LogP contribution in [0.2, 0.25) is 0 Å². The number of phenols is 1. The number of ether oxygens (including phenoxy) is 1. The first kappa shape index (κ1) is 15.5. The van der Waals surface area contributed by atoms with Gasteiger partial charge in [-0.15, -0.1) is 0 Å². The van der Waals surface area contributed by atoms with E-state index in [-0.39, 0.29) is 24.1 Å². The maximum Gasteiger partial charge on any atom is 0.364 e. The van der Waals surface area contributed by atoms with Gasteiger partial charge in [-0.1, -0.05) is 6.07 Å². The van der Waals surface area contributed by atoms with Crippen LogP contribution in [0.4, 0.5) is 0 Å². The number of carbonyl (C=O) groups excluding carboxylic acids is 1. The molecule has 0 aliphatic carbocycles. The van der Waals surface area contributed by atoms with E-state index in [0.29, 0.717) is 6.42 Å². The van der Waals surface area contributed by atoms with Crippen LogP contribution in [0.5, 0.6) is 5.75 Å². The predicted molar refractivity (Wildman–Crippen MR) is 63.2 cm³/mol. The van der Waals surface area contributed by atoms with Gasteiger partial charge in [0.1, 0.15) is 5.75 Å². The van der Waals surface area contributed by atoms with Crippen molar-refractivity contribution in [3.05, 3.63) is 27.3 Å². The molecule has 0 heterocycles. The Kier molecular flexibility index (Phi) is 6.70. The second-order valence-corrected chi connectivity index (χ2v) is 4.37. The summed E-state index contributed by atoms with van der Waals surface area (Å²) in [5.74, 6) is -0.0730. The second-order valence-electron chi connectivity index (χ2n) is 3.21. The third-order valence-electron chi connectivity index (χ3n) is 2.03. The van der Waals surface area contributed by atoms with Crippen LogP contribution in [0.15, 0.2) is 18.2 Å². The van der Waals surface area contributed by atoms with E-state index in [1.165, 1.54) is 7.11 Å². The molecule has 0 bridgehead atoms. The molecular weight excluding hydrogens is 344 g/mol. The van der Waals surface area contributed by atoms with Crippen molar-refractivity contribution in [1.82, 2.24) is 0 Å². The van der Waals surface area contributed by atoms with Crippen molar-refractivity contribution in [3.8, 4) is 5.75 Å². The SMILES string of the molecule is COC(=O)[C@@H]([NH3+])Cc1ccc(O)c(I)c1.[Cl-]. The number of benzene rings is 1. The molecule has 0 fully saturated rings. The van der Waals surface area contributed by atoms with Gasteiger partial charge in [-0.3, -0.25) is 0 Å². The van der Waals surface area contributed by atoms with Gasteiger partial charge < -0.3 is 28.0 Å². The number of methoxy groups -OCH3 is 1. The minimum absolute atomic E-state index is 0. The van der Waals surface area contributed by atoms with Gasteiger partial charge in [-0.25, -0.2) is 4.79 Å². The zero-order valence-electron chi connectivity index (χ0n) is 8.74. The number of rotatable bonds is 3. The van der Waals surface area contributed by atoms with E-state index in [9.17, 15) is 9.90 Å². The van der Waals surface area contributed by atoms with Crippen molar-refractivity contribution in [1.29, 1.82) is 0 Å². The summed E-state index contributed by atoms with van der Waals surface area (Å²) in [5.41, 5.74) is 4.68. The Balaban J connectivity index is 0.00000225. The molecule has 1 rings (SSSR count). The molecule has 16 heavy (non-hydrogen) atoms. The van der Waals surface area contributed by atoms with Gasteiger partial charge in [0, 0.05) is 6.42 Å². The quantitative estimate of drug-likeness (QED) is 0.458. The monoisotopic (exact) mass is 357 g/mol. The molecule has 1 atom stereocenters. The zero-order valence-corrected chi connectivity index (χ0v) is 11.7. The van der Waals surface area contributed by atoms with E-state index in [1.54, 1.807) is 12.1 Å². The first-order chi connectivity index (χ1) is 7.04. The largest absolute Gasteiger partial charge is 1.00 e. The third-order valence-corrected chi connectivity index (χ3v) is 2.89. The maximum atomic E-state index is 11.1. The summed E-state index contributed by atoms with van der Waals surface area (Å²) < 4.78 is 5.35. The number of esters is 1. The molecule has 0 aliphatic heterocycles. The van der Waals surface area contributed by atoms with Gasteiger partial charge >= 0.3 is 5.97 Å².